The molecule has 0 aliphatic heterocycles. The van der Waals surface area contributed by atoms with E-state index in [1.807, 2.05) is 0 Å². The van der Waals surface area contributed by atoms with Crippen molar-refractivity contribution in [3.63, 3.8) is 0 Å². The zero-order valence-electron chi connectivity index (χ0n) is 18.8. The van der Waals surface area contributed by atoms with Gasteiger partial charge >= 0.3 is 0 Å². The van der Waals surface area contributed by atoms with Crippen molar-refractivity contribution in [3.8, 4) is 34.5 Å². The standard InChI is InChI=1S/C23H30O9/c1-27-16-9-14(7-6-8-24)10-17(28-2)23(16)32-20(13-25)21(26)15-11-18(29-3)22(31-5)19(12-15)30-4/h6-7,9-12,20-21,24-26H,8,13H2,1-5H3/b7-6-/t20-,21+/m0/s1. The fourth-order valence-corrected chi connectivity index (χ4v) is 3.14. The van der Waals surface area contributed by atoms with E-state index in [1.54, 1.807) is 36.4 Å². The SMILES string of the molecule is COc1cc([C@@H](O)[C@H](CO)Oc2c(OC)cc(/C=C\CO)cc2OC)cc(OC)c1OC. The Morgan fingerprint density at radius 1 is 0.750 bits per heavy atom. The van der Waals surface area contributed by atoms with Crippen LogP contribution in [0.4, 0.5) is 0 Å². The Kier molecular flexibility index (Phi) is 9.45. The zero-order valence-corrected chi connectivity index (χ0v) is 18.8. The van der Waals surface area contributed by atoms with E-state index in [1.165, 1.54) is 35.5 Å². The van der Waals surface area contributed by atoms with Crippen molar-refractivity contribution in [1.29, 1.82) is 0 Å². The molecule has 176 valence electrons. The van der Waals surface area contributed by atoms with E-state index in [4.69, 9.17) is 33.5 Å². The van der Waals surface area contributed by atoms with Gasteiger partial charge in [-0.25, -0.2) is 0 Å². The molecule has 9 heteroatoms. The van der Waals surface area contributed by atoms with Gasteiger partial charge in [0.05, 0.1) is 48.8 Å². The number of ether oxygens (including phenoxy) is 6. The lowest BCUT2D eigenvalue weighted by molar-refractivity contribution is -0.00184. The average Bonchev–Trinajstić information content (AvgIpc) is 2.84. The molecule has 0 unspecified atom stereocenters. The molecular formula is C23H30O9. The van der Waals surface area contributed by atoms with Crippen molar-refractivity contribution in [2.45, 2.75) is 12.2 Å². The second-order valence-corrected chi connectivity index (χ2v) is 6.58. The molecule has 0 amide bonds. The Labute approximate surface area is 187 Å². The maximum Gasteiger partial charge on any atom is 0.204 e. The molecule has 3 N–H and O–H groups in total. The predicted molar refractivity (Wildman–Crippen MR) is 118 cm³/mol. The van der Waals surface area contributed by atoms with Gasteiger partial charge in [0.25, 0.3) is 0 Å². The van der Waals surface area contributed by atoms with Gasteiger partial charge in [-0.15, -0.1) is 0 Å². The van der Waals surface area contributed by atoms with Gasteiger partial charge in [-0.3, -0.25) is 0 Å². The summed E-state index contributed by atoms with van der Waals surface area (Å²) in [5, 5.41) is 30.0. The highest BCUT2D eigenvalue weighted by atomic mass is 16.6. The fraction of sp³-hybridized carbons (Fsp3) is 0.391. The Balaban J connectivity index is 2.44. The lowest BCUT2D eigenvalue weighted by Crippen LogP contribution is -2.29. The summed E-state index contributed by atoms with van der Waals surface area (Å²) in [6.07, 6.45) is 0.944. The quantitative estimate of drug-likeness (QED) is 0.447. The van der Waals surface area contributed by atoms with E-state index in [-0.39, 0.29) is 12.4 Å². The number of benzene rings is 2. The molecule has 0 saturated heterocycles. The van der Waals surface area contributed by atoms with Crippen molar-refractivity contribution in [2.24, 2.45) is 0 Å². The second kappa shape index (κ2) is 12.0. The minimum atomic E-state index is -1.25. The van der Waals surface area contributed by atoms with Gasteiger partial charge in [-0.05, 0) is 35.4 Å². The first-order chi connectivity index (χ1) is 15.5. The van der Waals surface area contributed by atoms with Crippen molar-refractivity contribution in [2.75, 3.05) is 48.8 Å². The third kappa shape index (κ3) is 5.56. The fourth-order valence-electron chi connectivity index (χ4n) is 3.14. The molecule has 0 heterocycles. The molecule has 0 radical (unpaired) electrons. The molecule has 0 aliphatic rings. The Bertz CT molecular complexity index is 860. The van der Waals surface area contributed by atoms with E-state index in [9.17, 15) is 10.2 Å². The Morgan fingerprint density at radius 2 is 1.25 bits per heavy atom. The normalized spacial score (nSPS) is 12.9. The van der Waals surface area contributed by atoms with Crippen LogP contribution in [0.1, 0.15) is 17.2 Å². The van der Waals surface area contributed by atoms with Crippen molar-refractivity contribution in [1.82, 2.24) is 0 Å². The molecule has 9 nitrogen and oxygen atoms in total. The molecule has 2 rings (SSSR count). The predicted octanol–water partition coefficient (Wildman–Crippen LogP) is 2.21. The number of aliphatic hydroxyl groups excluding tert-OH is 3. The van der Waals surface area contributed by atoms with Crippen LogP contribution in [0.15, 0.2) is 30.3 Å². The topological polar surface area (TPSA) is 116 Å². The van der Waals surface area contributed by atoms with E-state index >= 15 is 0 Å². The van der Waals surface area contributed by atoms with Crippen LogP contribution in [0.5, 0.6) is 34.5 Å². The number of aliphatic hydroxyl groups is 3. The van der Waals surface area contributed by atoms with Crippen LogP contribution in [-0.4, -0.2) is 70.2 Å². The smallest absolute Gasteiger partial charge is 0.204 e. The van der Waals surface area contributed by atoms with Crippen LogP contribution in [0.2, 0.25) is 0 Å². The van der Waals surface area contributed by atoms with E-state index in [0.29, 0.717) is 39.9 Å². The molecule has 2 aromatic rings. The first-order valence-electron chi connectivity index (χ1n) is 9.76. The molecule has 32 heavy (non-hydrogen) atoms. The zero-order chi connectivity index (χ0) is 23.7. The number of methoxy groups -OCH3 is 5. The summed E-state index contributed by atoms with van der Waals surface area (Å²) in [7, 11) is 7.34. The van der Waals surface area contributed by atoms with E-state index in [2.05, 4.69) is 0 Å². The lowest BCUT2D eigenvalue weighted by atomic mass is 10.0. The summed E-state index contributed by atoms with van der Waals surface area (Å²) in [5.74, 6) is 1.96. The van der Waals surface area contributed by atoms with Gasteiger partial charge < -0.3 is 43.7 Å². The van der Waals surface area contributed by atoms with Gasteiger partial charge in [0.1, 0.15) is 6.10 Å². The first kappa shape index (κ1) is 25.1. The van der Waals surface area contributed by atoms with Gasteiger partial charge in [0.15, 0.2) is 29.1 Å². The third-order valence-electron chi connectivity index (χ3n) is 4.73. The minimum absolute atomic E-state index is 0.115. The van der Waals surface area contributed by atoms with Gasteiger partial charge in [-0.2, -0.15) is 0 Å². The van der Waals surface area contributed by atoms with E-state index < -0.39 is 18.8 Å². The van der Waals surface area contributed by atoms with Crippen LogP contribution < -0.4 is 28.4 Å². The first-order valence-corrected chi connectivity index (χ1v) is 9.76. The summed E-state index contributed by atoms with van der Waals surface area (Å²) in [5.41, 5.74) is 1.10. The summed E-state index contributed by atoms with van der Waals surface area (Å²) in [6.45, 7) is -0.618. The maximum absolute atomic E-state index is 11.0. The lowest BCUT2D eigenvalue weighted by Gasteiger charge is -2.26. The van der Waals surface area contributed by atoms with Crippen molar-refractivity contribution >= 4 is 6.08 Å². The molecular weight excluding hydrogens is 420 g/mol. The van der Waals surface area contributed by atoms with E-state index in [0.717, 1.165) is 0 Å². The minimum Gasteiger partial charge on any atom is -0.493 e. The third-order valence-corrected chi connectivity index (χ3v) is 4.73. The Morgan fingerprint density at radius 3 is 1.66 bits per heavy atom. The van der Waals surface area contributed by atoms with Gasteiger partial charge in [0, 0.05) is 0 Å². The molecule has 0 saturated carbocycles. The van der Waals surface area contributed by atoms with Crippen molar-refractivity contribution < 1.29 is 43.7 Å². The summed E-state index contributed by atoms with van der Waals surface area (Å²) < 4.78 is 32.8. The Hall–Kier alpha value is -3.14. The van der Waals surface area contributed by atoms with Crippen LogP contribution in [0.25, 0.3) is 6.08 Å². The van der Waals surface area contributed by atoms with Gasteiger partial charge in [0.2, 0.25) is 11.5 Å². The summed E-state index contributed by atoms with van der Waals surface area (Å²) in [4.78, 5) is 0. The second-order valence-electron chi connectivity index (χ2n) is 6.58. The number of rotatable bonds is 12. The highest BCUT2D eigenvalue weighted by Gasteiger charge is 2.28. The maximum atomic E-state index is 11.0. The highest BCUT2D eigenvalue weighted by Crippen LogP contribution is 2.43. The molecule has 2 atom stereocenters. The number of hydrogen-bond acceptors (Lipinski definition) is 9. The monoisotopic (exact) mass is 450 g/mol. The molecule has 0 aliphatic carbocycles. The van der Waals surface area contributed by atoms with Crippen LogP contribution in [0, 0.1) is 0 Å². The van der Waals surface area contributed by atoms with Crippen LogP contribution >= 0.6 is 0 Å². The summed E-state index contributed by atoms with van der Waals surface area (Å²) in [6, 6.07) is 6.53. The molecule has 0 spiro atoms. The summed E-state index contributed by atoms with van der Waals surface area (Å²) >= 11 is 0. The van der Waals surface area contributed by atoms with Gasteiger partial charge in [-0.1, -0.05) is 12.2 Å². The largest absolute Gasteiger partial charge is 0.493 e. The highest BCUT2D eigenvalue weighted by molar-refractivity contribution is 5.62. The van der Waals surface area contributed by atoms with Crippen LogP contribution in [0.3, 0.4) is 0 Å². The van der Waals surface area contributed by atoms with Crippen LogP contribution in [-0.2, 0) is 0 Å². The molecule has 0 fully saturated rings. The number of hydrogen-bond donors (Lipinski definition) is 3. The molecule has 2 aromatic carbocycles. The van der Waals surface area contributed by atoms with Crippen molar-refractivity contribution in [3.05, 3.63) is 41.5 Å². The average molecular weight is 450 g/mol. The molecule has 0 bridgehead atoms. The molecule has 0 aromatic heterocycles.